The summed E-state index contributed by atoms with van der Waals surface area (Å²) in [7, 11) is -1.99. The molecule has 0 atom stereocenters. The average Bonchev–Trinajstić information content (AvgIpc) is 3.32. The van der Waals surface area contributed by atoms with Crippen LogP contribution in [0.15, 0.2) is 70.3 Å². The lowest BCUT2D eigenvalue weighted by Crippen LogP contribution is -2.28. The molecule has 7 nitrogen and oxygen atoms in total. The Morgan fingerprint density at radius 1 is 1.03 bits per heavy atom. The van der Waals surface area contributed by atoms with Crippen LogP contribution in [0.5, 0.6) is 17.2 Å². The number of anilines is 1. The largest absolute Gasteiger partial charge is 0.494 e. The fraction of sp³-hybridized carbons (Fsp3) is 0.261. The highest BCUT2D eigenvalue weighted by Gasteiger charge is 2.21. The number of carbonyl (C=O) groups is 1. The van der Waals surface area contributed by atoms with Crippen LogP contribution >= 0.6 is 11.3 Å². The summed E-state index contributed by atoms with van der Waals surface area (Å²) in [6.45, 7) is 2.76. The van der Waals surface area contributed by atoms with Crippen molar-refractivity contribution >= 4 is 33.0 Å². The van der Waals surface area contributed by atoms with E-state index in [0.29, 0.717) is 34.4 Å². The molecule has 3 aromatic rings. The van der Waals surface area contributed by atoms with Gasteiger partial charge in [0, 0.05) is 20.0 Å². The van der Waals surface area contributed by atoms with Gasteiger partial charge in [-0.3, -0.25) is 4.79 Å². The van der Waals surface area contributed by atoms with E-state index in [-0.39, 0.29) is 18.9 Å². The van der Waals surface area contributed by atoms with Crippen LogP contribution in [-0.4, -0.2) is 38.8 Å². The van der Waals surface area contributed by atoms with Gasteiger partial charge in [0.15, 0.2) is 5.75 Å². The molecule has 170 valence electrons. The number of thiophene rings is 1. The van der Waals surface area contributed by atoms with Crippen LogP contribution in [0.3, 0.4) is 0 Å². The van der Waals surface area contributed by atoms with Crippen LogP contribution in [0, 0.1) is 0 Å². The Balaban J connectivity index is 1.54. The van der Waals surface area contributed by atoms with Gasteiger partial charge in [0.05, 0.1) is 12.3 Å². The number of hydrogen-bond donors (Lipinski definition) is 1. The van der Waals surface area contributed by atoms with Gasteiger partial charge in [0.25, 0.3) is 10.0 Å². The van der Waals surface area contributed by atoms with Crippen molar-refractivity contribution in [3.05, 3.63) is 66.0 Å². The second-order valence-corrected chi connectivity index (χ2v) is 10.1. The van der Waals surface area contributed by atoms with Gasteiger partial charge in [-0.05, 0) is 61.2 Å². The molecule has 3 rings (SSSR count). The molecule has 2 aromatic carbocycles. The maximum atomic E-state index is 12.4. The van der Waals surface area contributed by atoms with E-state index in [1.807, 2.05) is 31.2 Å². The molecule has 0 bridgehead atoms. The first kappa shape index (κ1) is 23.8. The van der Waals surface area contributed by atoms with Crippen molar-refractivity contribution in [1.29, 1.82) is 0 Å². The summed E-state index contributed by atoms with van der Waals surface area (Å²) in [5.41, 5.74) is 0.547. The number of carbonyl (C=O) groups excluding carboxylic acids is 1. The maximum absolute atomic E-state index is 12.4. The van der Waals surface area contributed by atoms with Crippen LogP contribution < -0.4 is 14.8 Å². The third-order valence-electron chi connectivity index (χ3n) is 4.56. The molecule has 0 aliphatic heterocycles. The zero-order chi connectivity index (χ0) is 23.0. The number of amides is 1. The summed E-state index contributed by atoms with van der Waals surface area (Å²) in [5.74, 6) is 1.68. The van der Waals surface area contributed by atoms with Crippen molar-refractivity contribution in [2.24, 2.45) is 0 Å². The minimum Gasteiger partial charge on any atom is -0.494 e. The number of sulfonamides is 1. The zero-order valence-electron chi connectivity index (χ0n) is 18.0. The van der Waals surface area contributed by atoms with Gasteiger partial charge in [-0.25, -0.2) is 12.7 Å². The second-order valence-electron chi connectivity index (χ2n) is 6.91. The molecule has 1 N–H and O–H groups in total. The molecular formula is C23H26N2O5S2. The Labute approximate surface area is 192 Å². The molecule has 9 heteroatoms. The maximum Gasteiger partial charge on any atom is 0.252 e. The average molecular weight is 475 g/mol. The topological polar surface area (TPSA) is 84.9 Å². The fourth-order valence-corrected chi connectivity index (χ4v) is 5.33. The van der Waals surface area contributed by atoms with Crippen LogP contribution in [0.25, 0.3) is 0 Å². The summed E-state index contributed by atoms with van der Waals surface area (Å²) in [4.78, 5) is 12.4. The highest BCUT2D eigenvalue weighted by Crippen LogP contribution is 2.30. The third kappa shape index (κ3) is 6.32. The Morgan fingerprint density at radius 2 is 1.75 bits per heavy atom. The molecule has 0 radical (unpaired) electrons. The first-order valence-electron chi connectivity index (χ1n) is 10.2. The second kappa shape index (κ2) is 11.1. The van der Waals surface area contributed by atoms with E-state index in [2.05, 4.69) is 5.32 Å². The third-order valence-corrected chi connectivity index (χ3v) is 7.79. The van der Waals surface area contributed by atoms with Gasteiger partial charge < -0.3 is 14.8 Å². The highest BCUT2D eigenvalue weighted by molar-refractivity contribution is 7.91. The first-order chi connectivity index (χ1) is 15.4. The number of nitrogens with zero attached hydrogens (tertiary/aromatic N) is 1. The molecule has 1 amide bonds. The molecule has 0 saturated heterocycles. The van der Waals surface area contributed by atoms with Gasteiger partial charge in [-0.1, -0.05) is 18.2 Å². The van der Waals surface area contributed by atoms with E-state index in [9.17, 15) is 13.2 Å². The number of rotatable bonds is 11. The first-order valence-corrected chi connectivity index (χ1v) is 12.5. The summed E-state index contributed by atoms with van der Waals surface area (Å²) < 4.78 is 37.8. The Bertz CT molecular complexity index is 1110. The van der Waals surface area contributed by atoms with Crippen molar-refractivity contribution in [3.8, 4) is 17.2 Å². The molecule has 0 fully saturated rings. The Hall–Kier alpha value is -2.88. The molecule has 1 aromatic heterocycles. The molecular weight excluding hydrogens is 448 g/mol. The van der Waals surface area contributed by atoms with Crippen LogP contribution in [0.2, 0.25) is 0 Å². The van der Waals surface area contributed by atoms with Gasteiger partial charge >= 0.3 is 0 Å². The molecule has 0 aliphatic rings. The summed E-state index contributed by atoms with van der Waals surface area (Å²) in [6.07, 6.45) is 0.580. The smallest absolute Gasteiger partial charge is 0.252 e. The van der Waals surface area contributed by atoms with E-state index in [1.165, 1.54) is 22.7 Å². The van der Waals surface area contributed by atoms with Crippen molar-refractivity contribution in [2.45, 2.75) is 24.0 Å². The zero-order valence-corrected chi connectivity index (χ0v) is 19.6. The van der Waals surface area contributed by atoms with E-state index in [1.54, 1.807) is 41.8 Å². The molecule has 1 heterocycles. The molecule has 0 spiro atoms. The molecule has 0 unspecified atom stereocenters. The number of nitrogens with one attached hydrogen (secondary N) is 1. The predicted molar refractivity (Wildman–Crippen MR) is 126 cm³/mol. The Kier molecular flexibility index (Phi) is 8.26. The molecule has 0 saturated carbocycles. The number of ether oxygens (including phenoxy) is 2. The van der Waals surface area contributed by atoms with Gasteiger partial charge in [-0.15, -0.1) is 11.3 Å². The standard InChI is InChI=1S/C23H26N2O5S2/c1-3-29-18-12-14-19(15-13-18)30-21-9-5-4-8-20(21)24-22(26)10-6-16-25(2)32(27,28)23-11-7-17-31-23/h4-5,7-9,11-15,17H,3,6,10,16H2,1-2H3,(H,24,26). The summed E-state index contributed by atoms with van der Waals surface area (Å²) >= 11 is 1.18. The number of benzene rings is 2. The van der Waals surface area contributed by atoms with Crippen molar-refractivity contribution < 1.29 is 22.7 Å². The molecule has 0 aliphatic carbocycles. The van der Waals surface area contributed by atoms with Crippen LogP contribution in [-0.2, 0) is 14.8 Å². The monoisotopic (exact) mass is 474 g/mol. The quantitative estimate of drug-likeness (QED) is 0.424. The van der Waals surface area contributed by atoms with Gasteiger partial charge in [0.2, 0.25) is 5.91 Å². The minimum absolute atomic E-state index is 0.182. The van der Waals surface area contributed by atoms with E-state index in [0.717, 1.165) is 5.75 Å². The fourth-order valence-electron chi connectivity index (χ4n) is 2.92. The minimum atomic E-state index is -3.51. The Morgan fingerprint density at radius 3 is 2.44 bits per heavy atom. The van der Waals surface area contributed by atoms with Crippen molar-refractivity contribution in [2.75, 3.05) is 25.5 Å². The lowest BCUT2D eigenvalue weighted by atomic mass is 10.2. The number of hydrogen-bond acceptors (Lipinski definition) is 6. The summed E-state index contributed by atoms with van der Waals surface area (Å²) in [6, 6.07) is 17.7. The molecule has 32 heavy (non-hydrogen) atoms. The van der Waals surface area contributed by atoms with E-state index < -0.39 is 10.0 Å². The van der Waals surface area contributed by atoms with Crippen LogP contribution in [0.1, 0.15) is 19.8 Å². The van der Waals surface area contributed by atoms with E-state index >= 15 is 0 Å². The van der Waals surface area contributed by atoms with Crippen molar-refractivity contribution in [3.63, 3.8) is 0 Å². The highest BCUT2D eigenvalue weighted by atomic mass is 32.2. The number of para-hydroxylation sites is 2. The SMILES string of the molecule is CCOc1ccc(Oc2ccccc2NC(=O)CCCN(C)S(=O)(=O)c2cccs2)cc1. The lowest BCUT2D eigenvalue weighted by Gasteiger charge is -2.16. The predicted octanol–water partition coefficient (Wildman–Crippen LogP) is 4.98. The lowest BCUT2D eigenvalue weighted by molar-refractivity contribution is -0.116. The van der Waals surface area contributed by atoms with Gasteiger partial charge in [-0.2, -0.15) is 0 Å². The normalized spacial score (nSPS) is 11.3. The van der Waals surface area contributed by atoms with Crippen molar-refractivity contribution in [1.82, 2.24) is 4.31 Å². The van der Waals surface area contributed by atoms with E-state index in [4.69, 9.17) is 9.47 Å². The van der Waals surface area contributed by atoms with Gasteiger partial charge in [0.1, 0.15) is 15.7 Å². The summed E-state index contributed by atoms with van der Waals surface area (Å²) in [5, 5.41) is 4.57. The van der Waals surface area contributed by atoms with Crippen LogP contribution in [0.4, 0.5) is 5.69 Å².